The zero-order chi connectivity index (χ0) is 25.3. The minimum absolute atomic E-state index is 0.0848. The fourth-order valence-corrected chi connectivity index (χ4v) is 3.97. The van der Waals surface area contributed by atoms with E-state index in [1.165, 1.54) is 7.05 Å². The number of anilines is 1. The van der Waals surface area contributed by atoms with Gasteiger partial charge in [0.2, 0.25) is 15.9 Å². The lowest BCUT2D eigenvalue weighted by Gasteiger charge is -2.14. The van der Waals surface area contributed by atoms with Gasteiger partial charge in [-0.15, -0.1) is 0 Å². The highest BCUT2D eigenvalue weighted by atomic mass is 32.2. The van der Waals surface area contributed by atoms with Crippen molar-refractivity contribution in [2.45, 2.75) is 6.54 Å². The molecule has 0 aromatic heterocycles. The number of benzene rings is 3. The van der Waals surface area contributed by atoms with Crippen LogP contribution in [0.15, 0.2) is 85.1 Å². The lowest BCUT2D eigenvalue weighted by Crippen LogP contribution is -2.26. The van der Waals surface area contributed by atoms with Crippen molar-refractivity contribution in [2.24, 2.45) is 5.73 Å². The van der Waals surface area contributed by atoms with Crippen molar-refractivity contribution < 1.29 is 13.2 Å². The second kappa shape index (κ2) is 12.0. The molecule has 1 amide bonds. The Labute approximate surface area is 205 Å². The summed E-state index contributed by atoms with van der Waals surface area (Å²) in [6.45, 7) is 0.661. The summed E-state index contributed by atoms with van der Waals surface area (Å²) in [6, 6.07) is 22.6. The summed E-state index contributed by atoms with van der Waals surface area (Å²) >= 11 is 0. The number of rotatable bonds is 12. The zero-order valence-corrected chi connectivity index (χ0v) is 20.2. The third-order valence-corrected chi connectivity index (χ3v) is 6.66. The van der Waals surface area contributed by atoms with E-state index in [1.807, 2.05) is 54.6 Å². The second-order valence-corrected chi connectivity index (χ2v) is 9.81. The first-order valence-corrected chi connectivity index (χ1v) is 12.7. The number of hydrogen-bond acceptors (Lipinski definition) is 6. The largest absolute Gasteiger partial charge is 0.387 e. The average Bonchev–Trinajstić information content (AvgIpc) is 2.87. The summed E-state index contributed by atoms with van der Waals surface area (Å²) in [5.41, 5.74) is 10.2. The van der Waals surface area contributed by atoms with Crippen molar-refractivity contribution in [1.82, 2.24) is 10.0 Å². The predicted octanol–water partition coefficient (Wildman–Crippen LogP) is 3.08. The first-order chi connectivity index (χ1) is 16.8. The van der Waals surface area contributed by atoms with Crippen molar-refractivity contribution in [3.8, 4) is 11.1 Å². The molecule has 0 radical (unpaired) electrons. The molecule has 3 aromatic rings. The Morgan fingerprint density at radius 3 is 2.49 bits per heavy atom. The van der Waals surface area contributed by atoms with Crippen LogP contribution in [0.4, 0.5) is 5.69 Å². The first kappa shape index (κ1) is 25.7. The number of hydrogen-bond donors (Lipinski definition) is 5. The summed E-state index contributed by atoms with van der Waals surface area (Å²) in [4.78, 5) is 11.4. The van der Waals surface area contributed by atoms with Gasteiger partial charge in [-0.25, -0.2) is 13.1 Å². The highest BCUT2D eigenvalue weighted by Gasteiger charge is 2.11. The Balaban J connectivity index is 1.76. The highest BCUT2D eigenvalue weighted by Crippen LogP contribution is 2.26. The zero-order valence-electron chi connectivity index (χ0n) is 19.4. The molecule has 0 aliphatic carbocycles. The Morgan fingerprint density at radius 2 is 1.77 bits per heavy atom. The lowest BCUT2D eigenvalue weighted by molar-refractivity contribution is 0.1000. The second-order valence-electron chi connectivity index (χ2n) is 7.77. The number of nitrogens with two attached hydrogens (primary N) is 1. The monoisotopic (exact) mass is 491 g/mol. The van der Waals surface area contributed by atoms with Gasteiger partial charge in [-0.2, -0.15) is 0 Å². The minimum Gasteiger partial charge on any atom is -0.387 e. The van der Waals surface area contributed by atoms with Crippen molar-refractivity contribution >= 4 is 27.3 Å². The molecule has 35 heavy (non-hydrogen) atoms. The van der Waals surface area contributed by atoms with Crippen LogP contribution in [0, 0.1) is 5.41 Å². The molecule has 8 nitrogen and oxygen atoms in total. The van der Waals surface area contributed by atoms with Crippen LogP contribution in [0.2, 0.25) is 0 Å². The standard InChI is InChI=1S/C26H29N5O3S/c1-29-35(33,34)15-14-31-25-11-10-21(20-7-3-2-4-8-20)17-23(25)24(27)12-13-30-18-19-6-5-9-22(16-19)26(28)32/h2-13,16-17,27,29-31H,14-15,18H2,1H3,(H2,28,32)/b13-12-,27-24?. The molecule has 0 unspecified atom stereocenters. The molecule has 9 heteroatoms. The molecule has 0 aliphatic heterocycles. The van der Waals surface area contributed by atoms with E-state index < -0.39 is 15.9 Å². The van der Waals surface area contributed by atoms with Crippen molar-refractivity contribution in [3.63, 3.8) is 0 Å². The van der Waals surface area contributed by atoms with E-state index in [0.29, 0.717) is 23.4 Å². The van der Waals surface area contributed by atoms with Gasteiger partial charge < -0.3 is 21.8 Å². The maximum absolute atomic E-state index is 11.8. The van der Waals surface area contributed by atoms with Crippen LogP contribution in [0.25, 0.3) is 11.1 Å². The van der Waals surface area contributed by atoms with Crippen LogP contribution in [-0.2, 0) is 16.6 Å². The van der Waals surface area contributed by atoms with Crippen LogP contribution in [0.5, 0.6) is 0 Å². The lowest BCUT2D eigenvalue weighted by atomic mass is 9.99. The number of allylic oxidation sites excluding steroid dienone is 1. The van der Waals surface area contributed by atoms with Gasteiger partial charge in [0, 0.05) is 29.9 Å². The maximum atomic E-state index is 11.8. The fraction of sp³-hybridized carbons (Fsp3) is 0.154. The molecular weight excluding hydrogens is 462 g/mol. The van der Waals surface area contributed by atoms with E-state index >= 15 is 0 Å². The van der Waals surface area contributed by atoms with Crippen molar-refractivity contribution in [3.05, 3.63) is 102 Å². The van der Waals surface area contributed by atoms with Crippen molar-refractivity contribution in [1.29, 1.82) is 5.41 Å². The number of sulfonamides is 1. The van der Waals surface area contributed by atoms with E-state index in [9.17, 15) is 13.2 Å². The van der Waals surface area contributed by atoms with E-state index in [4.69, 9.17) is 11.1 Å². The van der Waals surface area contributed by atoms with Gasteiger partial charge in [-0.05, 0) is 60.3 Å². The minimum atomic E-state index is -3.35. The Hall–Kier alpha value is -3.95. The topological polar surface area (TPSA) is 137 Å². The molecule has 0 spiro atoms. The number of carbonyl (C=O) groups excluding carboxylic acids is 1. The Bertz CT molecular complexity index is 1320. The van der Waals surface area contributed by atoms with Gasteiger partial charge in [-0.3, -0.25) is 4.79 Å². The summed E-state index contributed by atoms with van der Waals surface area (Å²) < 4.78 is 25.8. The predicted molar refractivity (Wildman–Crippen MR) is 141 cm³/mol. The third kappa shape index (κ3) is 7.53. The fourth-order valence-electron chi connectivity index (χ4n) is 3.40. The number of carbonyl (C=O) groups is 1. The van der Waals surface area contributed by atoms with Gasteiger partial charge in [0.25, 0.3) is 0 Å². The normalized spacial score (nSPS) is 11.3. The summed E-state index contributed by atoms with van der Waals surface area (Å²) in [5, 5.41) is 14.9. The molecule has 0 bridgehead atoms. The molecule has 0 atom stereocenters. The van der Waals surface area contributed by atoms with E-state index in [-0.39, 0.29) is 18.0 Å². The van der Waals surface area contributed by atoms with Crippen LogP contribution >= 0.6 is 0 Å². The van der Waals surface area contributed by atoms with Gasteiger partial charge in [0.15, 0.2) is 0 Å². The number of nitrogens with one attached hydrogen (secondary N) is 4. The van der Waals surface area contributed by atoms with Gasteiger partial charge in [0.1, 0.15) is 0 Å². The van der Waals surface area contributed by atoms with E-state index in [0.717, 1.165) is 16.7 Å². The Morgan fingerprint density at radius 1 is 1.00 bits per heavy atom. The smallest absolute Gasteiger partial charge is 0.248 e. The molecule has 0 heterocycles. The highest BCUT2D eigenvalue weighted by molar-refractivity contribution is 7.89. The molecule has 3 aromatic carbocycles. The summed E-state index contributed by atoms with van der Waals surface area (Å²) in [7, 11) is -1.96. The van der Waals surface area contributed by atoms with Gasteiger partial charge >= 0.3 is 0 Å². The molecule has 182 valence electrons. The number of amides is 1. The average molecular weight is 492 g/mol. The molecule has 0 saturated heterocycles. The van der Waals surface area contributed by atoms with Crippen LogP contribution in [0.1, 0.15) is 21.5 Å². The molecule has 0 fully saturated rings. The summed E-state index contributed by atoms with van der Waals surface area (Å²) in [5.74, 6) is -0.566. The SMILES string of the molecule is CNS(=O)(=O)CCNc1ccc(-c2ccccc2)cc1C(=N)/C=C\NCc1cccc(C(N)=O)c1. The molecule has 0 saturated carbocycles. The first-order valence-electron chi connectivity index (χ1n) is 11.0. The van der Waals surface area contributed by atoms with Gasteiger partial charge in [-0.1, -0.05) is 48.5 Å². The molecular formula is C26H29N5O3S. The van der Waals surface area contributed by atoms with E-state index in [1.54, 1.807) is 30.5 Å². The van der Waals surface area contributed by atoms with Crippen LogP contribution in [0.3, 0.4) is 0 Å². The number of primary amides is 1. The quantitative estimate of drug-likeness (QED) is 0.248. The van der Waals surface area contributed by atoms with Crippen molar-refractivity contribution in [2.75, 3.05) is 24.7 Å². The Kier molecular flexibility index (Phi) is 8.77. The van der Waals surface area contributed by atoms with Gasteiger partial charge in [0.05, 0.1) is 11.5 Å². The van der Waals surface area contributed by atoms with Crippen LogP contribution < -0.4 is 21.1 Å². The van der Waals surface area contributed by atoms with E-state index in [2.05, 4.69) is 15.4 Å². The maximum Gasteiger partial charge on any atom is 0.248 e. The summed E-state index contributed by atoms with van der Waals surface area (Å²) in [6.07, 6.45) is 3.31. The third-order valence-electron chi connectivity index (χ3n) is 5.30. The molecule has 6 N–H and O–H groups in total. The molecule has 0 aliphatic rings. The molecule has 3 rings (SSSR count). The van der Waals surface area contributed by atoms with Crippen LogP contribution in [-0.4, -0.2) is 39.4 Å².